The number of nitrogens with one attached hydrogen (secondary N) is 2. The number of nitrogens with zero attached hydrogens (tertiary/aromatic N) is 2. The zero-order chi connectivity index (χ0) is 18.6. The Morgan fingerprint density at radius 3 is 2.41 bits per heavy atom. The largest absolute Gasteiger partial charge is 0.356 e. The van der Waals surface area contributed by atoms with Gasteiger partial charge in [0.05, 0.1) is 11.5 Å². The minimum atomic E-state index is -0.392. The Morgan fingerprint density at radius 1 is 1.07 bits per heavy atom. The molecule has 2 aromatic carbocycles. The third kappa shape index (κ3) is 9.09. The lowest BCUT2D eigenvalue weighted by molar-refractivity contribution is -0.384. The Morgan fingerprint density at radius 2 is 1.78 bits per heavy atom. The smallest absolute Gasteiger partial charge is 0.269 e. The first-order valence-electron chi connectivity index (χ1n) is 8.47. The average Bonchev–Trinajstić information content (AvgIpc) is 2.67. The van der Waals surface area contributed by atoms with Crippen LogP contribution in [0.5, 0.6) is 0 Å². The van der Waals surface area contributed by atoms with Gasteiger partial charge in [0.1, 0.15) is 0 Å². The van der Waals surface area contributed by atoms with Gasteiger partial charge in [0, 0.05) is 25.2 Å². The van der Waals surface area contributed by atoms with Gasteiger partial charge in [-0.2, -0.15) is 11.8 Å². The maximum absolute atomic E-state index is 10.7. The molecular formula is C19H25IN4O2S. The summed E-state index contributed by atoms with van der Waals surface area (Å²) in [5, 5.41) is 17.4. The van der Waals surface area contributed by atoms with Crippen LogP contribution in [-0.2, 0) is 13.1 Å². The molecule has 0 atom stereocenters. The summed E-state index contributed by atoms with van der Waals surface area (Å²) in [6, 6.07) is 16.6. The molecule has 0 bridgehead atoms. The minimum Gasteiger partial charge on any atom is -0.356 e. The van der Waals surface area contributed by atoms with Crippen molar-refractivity contribution in [3.05, 3.63) is 75.8 Å². The van der Waals surface area contributed by atoms with Crippen LogP contribution in [0.1, 0.15) is 17.5 Å². The standard InChI is InChI=1S/C19H24N4O2S.HI/c1-26-13-5-12-20-19(21-14-16-6-3-2-4-7-16)22-15-17-8-10-18(11-9-17)23(24)25;/h2-4,6-11H,5,12-15H2,1H3,(H2,20,21,22);1H. The second-order valence-corrected chi connectivity index (χ2v) is 6.69. The lowest BCUT2D eigenvalue weighted by atomic mass is 10.2. The molecule has 0 heterocycles. The van der Waals surface area contributed by atoms with E-state index < -0.39 is 4.92 Å². The first kappa shape index (κ1) is 23.2. The first-order valence-corrected chi connectivity index (χ1v) is 9.87. The molecule has 2 aromatic rings. The number of guanidine groups is 1. The van der Waals surface area contributed by atoms with Gasteiger partial charge in [-0.15, -0.1) is 24.0 Å². The number of halogens is 1. The van der Waals surface area contributed by atoms with E-state index in [1.165, 1.54) is 12.1 Å². The van der Waals surface area contributed by atoms with E-state index in [9.17, 15) is 10.1 Å². The van der Waals surface area contributed by atoms with Crippen molar-refractivity contribution in [2.45, 2.75) is 19.5 Å². The van der Waals surface area contributed by atoms with Crippen LogP contribution in [0, 0.1) is 10.1 Å². The highest BCUT2D eigenvalue weighted by Gasteiger charge is 2.05. The summed E-state index contributed by atoms with van der Waals surface area (Å²) in [5.41, 5.74) is 2.21. The second kappa shape index (κ2) is 13.4. The normalized spacial score (nSPS) is 10.8. The van der Waals surface area contributed by atoms with Crippen molar-refractivity contribution >= 4 is 47.4 Å². The number of hydrogen-bond acceptors (Lipinski definition) is 4. The number of non-ortho nitro benzene ring substituents is 1. The fraction of sp³-hybridized carbons (Fsp3) is 0.316. The summed E-state index contributed by atoms with van der Waals surface area (Å²) in [6.45, 7) is 2.00. The highest BCUT2D eigenvalue weighted by atomic mass is 127. The van der Waals surface area contributed by atoms with Crippen molar-refractivity contribution in [3.8, 4) is 0 Å². The SMILES string of the molecule is CSCCCNC(=NCc1ccccc1)NCc1ccc([N+](=O)[O-])cc1.I. The summed E-state index contributed by atoms with van der Waals surface area (Å²) in [4.78, 5) is 15.0. The topological polar surface area (TPSA) is 79.6 Å². The van der Waals surface area contributed by atoms with Gasteiger partial charge >= 0.3 is 0 Å². The van der Waals surface area contributed by atoms with Crippen LogP contribution in [0.15, 0.2) is 59.6 Å². The summed E-state index contributed by atoms with van der Waals surface area (Å²) < 4.78 is 0. The number of nitro groups is 1. The van der Waals surface area contributed by atoms with Crippen LogP contribution in [-0.4, -0.2) is 29.4 Å². The fourth-order valence-electron chi connectivity index (χ4n) is 2.27. The molecule has 0 unspecified atom stereocenters. The van der Waals surface area contributed by atoms with Gasteiger partial charge in [-0.05, 0) is 29.6 Å². The molecule has 8 heteroatoms. The zero-order valence-corrected chi connectivity index (χ0v) is 18.4. The number of nitro benzene ring substituents is 1. The summed E-state index contributed by atoms with van der Waals surface area (Å²) in [5.74, 6) is 1.84. The van der Waals surface area contributed by atoms with Crippen molar-refractivity contribution < 1.29 is 4.92 Å². The van der Waals surface area contributed by atoms with Gasteiger partial charge in [-0.25, -0.2) is 4.99 Å². The molecule has 2 N–H and O–H groups in total. The van der Waals surface area contributed by atoms with Gasteiger partial charge in [0.2, 0.25) is 0 Å². The fourth-order valence-corrected chi connectivity index (χ4v) is 2.71. The van der Waals surface area contributed by atoms with Gasteiger partial charge in [-0.3, -0.25) is 10.1 Å². The second-order valence-electron chi connectivity index (χ2n) is 5.70. The average molecular weight is 500 g/mol. The minimum absolute atomic E-state index is 0. The van der Waals surface area contributed by atoms with E-state index in [1.54, 1.807) is 12.1 Å². The quantitative estimate of drug-likeness (QED) is 0.135. The number of thioether (sulfide) groups is 1. The van der Waals surface area contributed by atoms with Gasteiger partial charge in [-0.1, -0.05) is 42.5 Å². The van der Waals surface area contributed by atoms with E-state index in [2.05, 4.69) is 21.9 Å². The molecule has 2 rings (SSSR count). The number of rotatable bonds is 9. The molecule has 0 saturated heterocycles. The molecule has 0 aliphatic carbocycles. The highest BCUT2D eigenvalue weighted by Crippen LogP contribution is 2.11. The maximum atomic E-state index is 10.7. The van der Waals surface area contributed by atoms with Crippen LogP contribution >= 0.6 is 35.7 Å². The Hall–Kier alpha value is -1.81. The third-order valence-electron chi connectivity index (χ3n) is 3.69. The Labute approximate surface area is 181 Å². The molecule has 0 aromatic heterocycles. The molecule has 0 saturated carbocycles. The van der Waals surface area contributed by atoms with Gasteiger partial charge in [0.15, 0.2) is 5.96 Å². The first-order chi connectivity index (χ1) is 12.7. The van der Waals surface area contributed by atoms with E-state index in [0.717, 1.165) is 35.8 Å². The molecule has 0 amide bonds. The number of benzene rings is 2. The van der Waals surface area contributed by atoms with E-state index in [4.69, 9.17) is 0 Å². The molecule has 0 fully saturated rings. The van der Waals surface area contributed by atoms with Crippen molar-refractivity contribution in [2.75, 3.05) is 18.6 Å². The molecule has 0 aliphatic heterocycles. The van der Waals surface area contributed by atoms with Gasteiger partial charge in [0.25, 0.3) is 5.69 Å². The Kier molecular flexibility index (Phi) is 11.5. The summed E-state index contributed by atoms with van der Waals surface area (Å²) in [7, 11) is 0. The van der Waals surface area contributed by atoms with Crippen molar-refractivity contribution in [1.29, 1.82) is 0 Å². The predicted molar refractivity (Wildman–Crippen MR) is 124 cm³/mol. The molecule has 0 radical (unpaired) electrons. The van der Waals surface area contributed by atoms with Crippen LogP contribution < -0.4 is 10.6 Å². The molecular weight excluding hydrogens is 475 g/mol. The molecule has 0 spiro atoms. The summed E-state index contributed by atoms with van der Waals surface area (Å²) >= 11 is 1.82. The van der Waals surface area contributed by atoms with Crippen molar-refractivity contribution in [2.24, 2.45) is 4.99 Å². The van der Waals surface area contributed by atoms with Crippen LogP contribution in [0.25, 0.3) is 0 Å². The molecule has 0 aliphatic rings. The number of aliphatic imine (C=N–C) groups is 1. The van der Waals surface area contributed by atoms with Gasteiger partial charge < -0.3 is 10.6 Å². The monoisotopic (exact) mass is 500 g/mol. The lowest BCUT2D eigenvalue weighted by Gasteiger charge is -2.13. The highest BCUT2D eigenvalue weighted by molar-refractivity contribution is 14.0. The molecule has 146 valence electrons. The van der Waals surface area contributed by atoms with E-state index in [-0.39, 0.29) is 29.7 Å². The third-order valence-corrected chi connectivity index (χ3v) is 4.38. The van der Waals surface area contributed by atoms with Crippen molar-refractivity contribution in [1.82, 2.24) is 10.6 Å². The Bertz CT molecular complexity index is 711. The predicted octanol–water partition coefficient (Wildman–Crippen LogP) is 4.20. The molecule has 6 nitrogen and oxygen atoms in total. The van der Waals surface area contributed by atoms with Crippen molar-refractivity contribution in [3.63, 3.8) is 0 Å². The van der Waals surface area contributed by atoms with E-state index in [1.807, 2.05) is 42.1 Å². The van der Waals surface area contributed by atoms with E-state index >= 15 is 0 Å². The van der Waals surface area contributed by atoms with E-state index in [0.29, 0.717) is 13.1 Å². The van der Waals surface area contributed by atoms with Crippen LogP contribution in [0.4, 0.5) is 5.69 Å². The zero-order valence-electron chi connectivity index (χ0n) is 15.3. The number of hydrogen-bond donors (Lipinski definition) is 2. The van der Waals surface area contributed by atoms with Crippen LogP contribution in [0.3, 0.4) is 0 Å². The maximum Gasteiger partial charge on any atom is 0.269 e. The molecule has 27 heavy (non-hydrogen) atoms. The van der Waals surface area contributed by atoms with Crippen LogP contribution in [0.2, 0.25) is 0 Å². The lowest BCUT2D eigenvalue weighted by Crippen LogP contribution is -2.37. The summed E-state index contributed by atoms with van der Waals surface area (Å²) in [6.07, 6.45) is 3.15. The Balaban J connectivity index is 0.00000364.